The zero-order valence-corrected chi connectivity index (χ0v) is 14.5. The number of aryl methyl sites for hydroxylation is 1. The highest BCUT2D eigenvalue weighted by atomic mass is 16.5. The lowest BCUT2D eigenvalue weighted by molar-refractivity contribution is 0.425. The van der Waals surface area contributed by atoms with E-state index < -0.39 is 7.12 Å². The molecular formula is C20H20B2O4. The topological polar surface area (TPSA) is 69.9 Å². The van der Waals surface area contributed by atoms with Crippen LogP contribution in [0.25, 0.3) is 0 Å². The highest BCUT2D eigenvalue weighted by Gasteiger charge is 2.18. The first-order valence-corrected chi connectivity index (χ1v) is 8.44. The average molecular weight is 346 g/mol. The van der Waals surface area contributed by atoms with Gasteiger partial charge in [0.05, 0.1) is 0 Å². The number of hydrogen-bond acceptors (Lipinski definition) is 4. The number of hydrogen-bond donors (Lipinski definition) is 3. The Labute approximate surface area is 154 Å². The van der Waals surface area contributed by atoms with Gasteiger partial charge in [-0.15, -0.1) is 0 Å². The molecule has 130 valence electrons. The third kappa shape index (κ3) is 4.17. The minimum atomic E-state index is -1.48. The third-order valence-electron chi connectivity index (χ3n) is 4.42. The Bertz CT molecular complexity index is 831. The van der Waals surface area contributed by atoms with Gasteiger partial charge >= 0.3 is 14.8 Å². The molecule has 1 unspecified atom stereocenters. The largest absolute Gasteiger partial charge is 0.539 e. The molecule has 0 spiro atoms. The van der Waals surface area contributed by atoms with Crippen LogP contribution in [0.3, 0.4) is 0 Å². The third-order valence-corrected chi connectivity index (χ3v) is 4.42. The molecule has 0 fully saturated rings. The fourth-order valence-electron chi connectivity index (χ4n) is 3.03. The van der Waals surface area contributed by atoms with Gasteiger partial charge in [-0.25, -0.2) is 0 Å². The molecule has 6 heteroatoms. The molecule has 26 heavy (non-hydrogen) atoms. The molecule has 0 bridgehead atoms. The highest BCUT2D eigenvalue weighted by molar-refractivity contribution is 6.58. The van der Waals surface area contributed by atoms with Crippen molar-refractivity contribution in [2.75, 3.05) is 0 Å². The van der Waals surface area contributed by atoms with Gasteiger partial charge in [0, 0.05) is 5.92 Å². The Kier molecular flexibility index (Phi) is 5.78. The smallest absolute Gasteiger partial charge is 0.504 e. The minimum Gasteiger partial charge on any atom is -0.539 e. The summed E-state index contributed by atoms with van der Waals surface area (Å²) < 4.78 is 5.11. The first-order chi connectivity index (χ1) is 12.6. The quantitative estimate of drug-likeness (QED) is 0.467. The van der Waals surface area contributed by atoms with Crippen molar-refractivity contribution in [3.63, 3.8) is 0 Å². The van der Waals surface area contributed by atoms with Crippen LogP contribution in [0.4, 0.5) is 0 Å². The number of rotatable bonds is 6. The molecule has 0 aliphatic heterocycles. The van der Waals surface area contributed by atoms with Crippen LogP contribution in [0.2, 0.25) is 0 Å². The van der Waals surface area contributed by atoms with Gasteiger partial charge in [-0.3, -0.25) is 0 Å². The van der Waals surface area contributed by atoms with Gasteiger partial charge in [0.1, 0.15) is 5.75 Å². The van der Waals surface area contributed by atoms with E-state index in [1.54, 1.807) is 12.1 Å². The molecule has 0 saturated heterocycles. The van der Waals surface area contributed by atoms with Crippen LogP contribution in [0, 0.1) is 6.92 Å². The predicted octanol–water partition coefficient (Wildman–Crippen LogP) is 1.49. The summed E-state index contributed by atoms with van der Waals surface area (Å²) in [7, 11) is -1.83. The highest BCUT2D eigenvalue weighted by Crippen LogP contribution is 2.32. The molecule has 0 saturated carbocycles. The summed E-state index contributed by atoms with van der Waals surface area (Å²) >= 11 is 0. The van der Waals surface area contributed by atoms with Crippen molar-refractivity contribution in [1.82, 2.24) is 0 Å². The van der Waals surface area contributed by atoms with Gasteiger partial charge in [0.25, 0.3) is 0 Å². The van der Waals surface area contributed by atoms with Gasteiger partial charge in [0.2, 0.25) is 0 Å². The van der Waals surface area contributed by atoms with Crippen molar-refractivity contribution < 1.29 is 19.7 Å². The maximum atomic E-state index is 9.32. The Morgan fingerprint density at radius 1 is 0.769 bits per heavy atom. The van der Waals surface area contributed by atoms with Crippen LogP contribution in [0.15, 0.2) is 72.8 Å². The van der Waals surface area contributed by atoms with Crippen molar-refractivity contribution >= 4 is 20.3 Å². The Morgan fingerprint density at radius 2 is 1.23 bits per heavy atom. The predicted molar refractivity (Wildman–Crippen MR) is 105 cm³/mol. The molecular weight excluding hydrogens is 326 g/mol. The van der Waals surface area contributed by atoms with Crippen LogP contribution < -0.4 is 10.1 Å². The molecule has 3 aromatic carbocycles. The van der Waals surface area contributed by atoms with E-state index in [4.69, 9.17) is 9.68 Å². The van der Waals surface area contributed by atoms with Gasteiger partial charge < -0.3 is 19.7 Å². The van der Waals surface area contributed by atoms with Crippen molar-refractivity contribution in [1.29, 1.82) is 0 Å². The van der Waals surface area contributed by atoms with E-state index in [1.807, 2.05) is 36.4 Å². The van der Waals surface area contributed by atoms with Crippen LogP contribution in [0.5, 0.6) is 5.75 Å². The lowest BCUT2D eigenvalue weighted by atomic mass is 9.78. The van der Waals surface area contributed by atoms with E-state index in [-0.39, 0.29) is 13.6 Å². The van der Waals surface area contributed by atoms with E-state index in [0.717, 1.165) is 16.7 Å². The van der Waals surface area contributed by atoms with Crippen LogP contribution >= 0.6 is 0 Å². The van der Waals surface area contributed by atoms with E-state index in [9.17, 15) is 10.0 Å². The summed E-state index contributed by atoms with van der Waals surface area (Å²) in [5.41, 5.74) is 4.93. The summed E-state index contributed by atoms with van der Waals surface area (Å²) in [5, 5.41) is 27.5. The minimum absolute atomic E-state index is 0.00339. The first kappa shape index (κ1) is 18.3. The van der Waals surface area contributed by atoms with E-state index in [1.165, 1.54) is 5.56 Å². The molecule has 0 aliphatic carbocycles. The molecule has 3 rings (SSSR count). The van der Waals surface area contributed by atoms with E-state index in [2.05, 4.69) is 31.2 Å². The van der Waals surface area contributed by atoms with E-state index in [0.29, 0.717) is 11.2 Å². The maximum Gasteiger partial charge on any atom is 0.504 e. The van der Waals surface area contributed by atoms with Crippen molar-refractivity contribution in [2.45, 2.75) is 12.8 Å². The SMILES string of the molecule is Cc1ccc(C(c2ccc(OBO)cc2)c2ccc(B(O)O)cc2)cc1. The molecule has 0 radical (unpaired) electrons. The summed E-state index contributed by atoms with van der Waals surface area (Å²) in [6.07, 6.45) is 0. The second-order valence-corrected chi connectivity index (χ2v) is 6.23. The number of benzene rings is 3. The fourth-order valence-corrected chi connectivity index (χ4v) is 3.03. The molecule has 1 atom stereocenters. The fraction of sp³-hybridized carbons (Fsp3) is 0.100. The maximum absolute atomic E-state index is 9.32. The average Bonchev–Trinajstić information content (AvgIpc) is 2.65. The van der Waals surface area contributed by atoms with E-state index >= 15 is 0 Å². The summed E-state index contributed by atoms with van der Waals surface area (Å²) in [5.74, 6) is 0.612. The second kappa shape index (κ2) is 8.23. The summed E-state index contributed by atoms with van der Waals surface area (Å²) in [6.45, 7) is 2.05. The molecule has 4 nitrogen and oxygen atoms in total. The zero-order chi connectivity index (χ0) is 18.5. The van der Waals surface area contributed by atoms with Gasteiger partial charge in [-0.1, -0.05) is 66.2 Å². The molecule has 3 N–H and O–H groups in total. The van der Waals surface area contributed by atoms with Crippen LogP contribution in [-0.4, -0.2) is 29.9 Å². The molecule has 0 aromatic heterocycles. The van der Waals surface area contributed by atoms with Gasteiger partial charge in [-0.05, 0) is 41.2 Å². The van der Waals surface area contributed by atoms with Crippen molar-refractivity contribution in [3.05, 3.63) is 95.1 Å². The molecule has 0 amide bonds. The Balaban J connectivity index is 2.02. The second-order valence-electron chi connectivity index (χ2n) is 6.23. The first-order valence-electron chi connectivity index (χ1n) is 8.44. The molecule has 0 aliphatic rings. The van der Waals surface area contributed by atoms with Crippen LogP contribution in [-0.2, 0) is 0 Å². The monoisotopic (exact) mass is 346 g/mol. The van der Waals surface area contributed by atoms with Gasteiger partial charge in [-0.2, -0.15) is 0 Å². The standard InChI is InChI=1S/C20H20B2O4/c1-14-2-4-15(5-3-14)20(16-6-10-18(11-7-16)22(24)25)17-8-12-19(13-9-17)26-21-23/h2-13,20-21,23-25H,1H3. The lowest BCUT2D eigenvalue weighted by Crippen LogP contribution is -2.29. The Morgan fingerprint density at radius 3 is 1.69 bits per heavy atom. The normalized spacial score (nSPS) is 11.7. The van der Waals surface area contributed by atoms with Crippen molar-refractivity contribution in [3.8, 4) is 5.75 Å². The Hall–Kier alpha value is -2.53. The van der Waals surface area contributed by atoms with Crippen molar-refractivity contribution in [2.24, 2.45) is 0 Å². The lowest BCUT2D eigenvalue weighted by Gasteiger charge is -2.20. The molecule has 0 heterocycles. The summed E-state index contributed by atoms with van der Waals surface area (Å²) in [4.78, 5) is 0. The van der Waals surface area contributed by atoms with Crippen LogP contribution in [0.1, 0.15) is 28.2 Å². The molecule has 3 aromatic rings. The summed E-state index contributed by atoms with van der Waals surface area (Å²) in [6, 6.07) is 23.3. The van der Waals surface area contributed by atoms with Gasteiger partial charge in [0.15, 0.2) is 0 Å². The zero-order valence-electron chi connectivity index (χ0n) is 14.5.